The third kappa shape index (κ3) is 3.43. The minimum Gasteiger partial charge on any atom is -0.478 e. The average molecular weight is 260 g/mol. The van der Waals surface area contributed by atoms with Crippen LogP contribution in [0.4, 0.5) is 0 Å². The second-order valence-electron chi connectivity index (χ2n) is 4.52. The summed E-state index contributed by atoms with van der Waals surface area (Å²) in [5, 5.41) is 18.3. The third-order valence-corrected chi connectivity index (χ3v) is 2.78. The van der Waals surface area contributed by atoms with Gasteiger partial charge in [0.05, 0.1) is 5.56 Å². The first-order valence-corrected chi connectivity index (χ1v) is 5.09. The molecule has 4 nitrogen and oxygen atoms in total. The Labute approximate surface area is 107 Å². The second-order valence-corrected chi connectivity index (χ2v) is 4.52. The van der Waals surface area contributed by atoms with E-state index in [1.807, 2.05) is 0 Å². The Morgan fingerprint density at radius 3 is 2.41 bits per heavy atom. The van der Waals surface area contributed by atoms with Gasteiger partial charge in [-0.1, -0.05) is 32.0 Å². The maximum Gasteiger partial charge on any atom is 0.336 e. The van der Waals surface area contributed by atoms with Crippen molar-refractivity contribution in [2.24, 2.45) is 11.1 Å². The lowest BCUT2D eigenvalue weighted by Crippen LogP contribution is -2.33. The highest BCUT2D eigenvalue weighted by atomic mass is 35.5. The number of carboxylic acid groups (broad SMARTS) is 1. The van der Waals surface area contributed by atoms with Crippen molar-refractivity contribution in [1.29, 1.82) is 0 Å². The summed E-state index contributed by atoms with van der Waals surface area (Å²) in [5.74, 6) is -1.00. The molecule has 0 bridgehead atoms. The summed E-state index contributed by atoms with van der Waals surface area (Å²) in [6, 6.07) is 6.10. The van der Waals surface area contributed by atoms with Gasteiger partial charge in [0.2, 0.25) is 0 Å². The fourth-order valence-electron chi connectivity index (χ4n) is 1.48. The highest BCUT2D eigenvalue weighted by Crippen LogP contribution is 2.32. The lowest BCUT2D eigenvalue weighted by Gasteiger charge is -2.30. The molecular formula is C12H18ClNO3. The molecule has 0 fully saturated rings. The highest BCUT2D eigenvalue weighted by molar-refractivity contribution is 5.89. The van der Waals surface area contributed by atoms with Crippen molar-refractivity contribution in [2.75, 3.05) is 6.61 Å². The molecule has 0 saturated carbocycles. The molecule has 1 aromatic carbocycles. The van der Waals surface area contributed by atoms with Crippen LogP contribution in [0.2, 0.25) is 0 Å². The quantitative estimate of drug-likeness (QED) is 0.770. The monoisotopic (exact) mass is 259 g/mol. The van der Waals surface area contributed by atoms with Crippen LogP contribution in [0, 0.1) is 5.41 Å². The van der Waals surface area contributed by atoms with Crippen LogP contribution in [-0.2, 0) is 0 Å². The van der Waals surface area contributed by atoms with Crippen molar-refractivity contribution >= 4 is 18.4 Å². The van der Waals surface area contributed by atoms with Gasteiger partial charge in [-0.15, -0.1) is 12.4 Å². The molecular weight excluding hydrogens is 242 g/mol. The standard InChI is InChI=1S/C12H17NO3.ClH/c1-12(2,7-14)10(13)8-5-3-4-6-9(8)11(15)16;/h3-6,10,14H,7,13H2,1-2H3,(H,15,16);1H/t10-;/m1./s1. The van der Waals surface area contributed by atoms with Gasteiger partial charge in [-0.3, -0.25) is 0 Å². The second kappa shape index (κ2) is 6.00. The Hall–Kier alpha value is -1.10. The molecule has 0 spiro atoms. The fraction of sp³-hybridized carbons (Fsp3) is 0.417. The van der Waals surface area contributed by atoms with Crippen LogP contribution in [0.5, 0.6) is 0 Å². The summed E-state index contributed by atoms with van der Waals surface area (Å²) in [6.07, 6.45) is 0. The summed E-state index contributed by atoms with van der Waals surface area (Å²) in [6.45, 7) is 3.51. The third-order valence-electron chi connectivity index (χ3n) is 2.78. The van der Waals surface area contributed by atoms with Crippen molar-refractivity contribution in [3.63, 3.8) is 0 Å². The van der Waals surface area contributed by atoms with Gasteiger partial charge in [-0.25, -0.2) is 4.79 Å². The van der Waals surface area contributed by atoms with Gasteiger partial charge in [0, 0.05) is 18.1 Å². The van der Waals surface area contributed by atoms with Crippen molar-refractivity contribution in [3.8, 4) is 0 Å². The lowest BCUT2D eigenvalue weighted by molar-refractivity contribution is 0.0691. The molecule has 0 heterocycles. The number of hydrogen-bond donors (Lipinski definition) is 3. The van der Waals surface area contributed by atoms with E-state index in [0.29, 0.717) is 5.56 Å². The number of halogens is 1. The first-order chi connectivity index (χ1) is 7.40. The SMILES string of the molecule is CC(C)(CO)[C@H](N)c1ccccc1C(=O)O.Cl. The predicted molar refractivity (Wildman–Crippen MR) is 68.4 cm³/mol. The number of aliphatic hydroxyl groups is 1. The minimum atomic E-state index is -1.00. The smallest absolute Gasteiger partial charge is 0.336 e. The molecule has 0 aliphatic heterocycles. The van der Waals surface area contributed by atoms with Crippen LogP contribution in [0.1, 0.15) is 35.8 Å². The van der Waals surface area contributed by atoms with Gasteiger partial charge < -0.3 is 15.9 Å². The molecule has 17 heavy (non-hydrogen) atoms. The summed E-state index contributed by atoms with van der Waals surface area (Å²) in [4.78, 5) is 11.0. The van der Waals surface area contributed by atoms with Gasteiger partial charge >= 0.3 is 5.97 Å². The number of hydrogen-bond acceptors (Lipinski definition) is 3. The summed E-state index contributed by atoms with van der Waals surface area (Å²) >= 11 is 0. The van der Waals surface area contributed by atoms with Crippen LogP contribution in [0.25, 0.3) is 0 Å². The molecule has 1 rings (SSSR count). The fourth-order valence-corrected chi connectivity index (χ4v) is 1.48. The average Bonchev–Trinajstić information content (AvgIpc) is 2.28. The molecule has 1 aromatic rings. The molecule has 0 aromatic heterocycles. The van der Waals surface area contributed by atoms with Crippen LogP contribution >= 0.6 is 12.4 Å². The molecule has 0 aliphatic rings. The minimum absolute atomic E-state index is 0. The Morgan fingerprint density at radius 2 is 1.94 bits per heavy atom. The van der Waals surface area contributed by atoms with Crippen molar-refractivity contribution < 1.29 is 15.0 Å². The zero-order valence-corrected chi connectivity index (χ0v) is 10.7. The topological polar surface area (TPSA) is 83.5 Å². The normalized spacial score (nSPS) is 12.7. The molecule has 5 heteroatoms. The number of carbonyl (C=O) groups is 1. The van der Waals surface area contributed by atoms with Crippen molar-refractivity contribution in [3.05, 3.63) is 35.4 Å². The molecule has 0 radical (unpaired) electrons. The van der Waals surface area contributed by atoms with Crippen LogP contribution < -0.4 is 5.73 Å². The van der Waals surface area contributed by atoms with Gasteiger partial charge in [-0.2, -0.15) is 0 Å². The molecule has 0 aliphatic carbocycles. The van der Waals surface area contributed by atoms with Gasteiger partial charge in [0.15, 0.2) is 0 Å². The predicted octanol–water partition coefficient (Wildman–Crippen LogP) is 1.82. The van der Waals surface area contributed by atoms with Crippen molar-refractivity contribution in [1.82, 2.24) is 0 Å². The zero-order chi connectivity index (χ0) is 12.3. The lowest BCUT2D eigenvalue weighted by atomic mass is 9.80. The molecule has 4 N–H and O–H groups in total. The number of benzene rings is 1. The van der Waals surface area contributed by atoms with Crippen molar-refractivity contribution in [2.45, 2.75) is 19.9 Å². The van der Waals surface area contributed by atoms with Crippen LogP contribution in [0.15, 0.2) is 24.3 Å². The van der Waals surface area contributed by atoms with E-state index in [2.05, 4.69) is 0 Å². The number of aliphatic hydroxyl groups excluding tert-OH is 1. The van der Waals surface area contributed by atoms with E-state index in [-0.39, 0.29) is 24.6 Å². The van der Waals surface area contributed by atoms with Gasteiger partial charge in [0.1, 0.15) is 0 Å². The molecule has 0 unspecified atom stereocenters. The molecule has 0 saturated heterocycles. The summed E-state index contributed by atoms with van der Waals surface area (Å²) < 4.78 is 0. The number of carboxylic acids is 1. The Morgan fingerprint density at radius 1 is 1.41 bits per heavy atom. The van der Waals surface area contributed by atoms with Crippen LogP contribution in [0.3, 0.4) is 0 Å². The Kier molecular flexibility index (Phi) is 5.61. The first-order valence-electron chi connectivity index (χ1n) is 5.09. The van der Waals surface area contributed by atoms with Crippen LogP contribution in [-0.4, -0.2) is 22.8 Å². The molecule has 96 valence electrons. The van der Waals surface area contributed by atoms with E-state index >= 15 is 0 Å². The largest absolute Gasteiger partial charge is 0.478 e. The number of aromatic carboxylic acids is 1. The number of rotatable bonds is 4. The maximum absolute atomic E-state index is 11.0. The van der Waals surface area contributed by atoms with Gasteiger partial charge in [0.25, 0.3) is 0 Å². The van der Waals surface area contributed by atoms with E-state index in [0.717, 1.165) is 0 Å². The zero-order valence-electron chi connectivity index (χ0n) is 9.88. The maximum atomic E-state index is 11.0. The van der Waals surface area contributed by atoms with E-state index in [4.69, 9.17) is 10.8 Å². The highest BCUT2D eigenvalue weighted by Gasteiger charge is 2.29. The van der Waals surface area contributed by atoms with E-state index in [1.54, 1.807) is 32.0 Å². The number of nitrogens with two attached hydrogens (primary N) is 1. The van der Waals surface area contributed by atoms with Gasteiger partial charge in [-0.05, 0) is 11.6 Å². The Bertz CT molecular complexity index is 393. The Balaban J connectivity index is 0.00000256. The molecule has 0 amide bonds. The van der Waals surface area contributed by atoms with E-state index < -0.39 is 17.4 Å². The van der Waals surface area contributed by atoms with E-state index in [9.17, 15) is 9.90 Å². The summed E-state index contributed by atoms with van der Waals surface area (Å²) in [5.41, 5.74) is 6.19. The summed E-state index contributed by atoms with van der Waals surface area (Å²) in [7, 11) is 0. The molecule has 1 atom stereocenters. The first kappa shape index (κ1) is 15.9. The van der Waals surface area contributed by atoms with E-state index in [1.165, 1.54) is 6.07 Å².